The molecule has 1 aliphatic rings. The van der Waals surface area contributed by atoms with Gasteiger partial charge in [0.2, 0.25) is 76.8 Å². The van der Waals surface area contributed by atoms with E-state index in [9.17, 15) is 82.4 Å². The van der Waals surface area contributed by atoms with E-state index in [1.54, 1.807) is 67.0 Å². The fourth-order valence-corrected chi connectivity index (χ4v) is 11.4. The van der Waals surface area contributed by atoms with E-state index in [1.807, 2.05) is 0 Å². The molecule has 37 nitrogen and oxygen atoms in total. The second kappa shape index (κ2) is 40.7. The number of fused-ring (bicyclic) bond motifs is 3. The van der Waals surface area contributed by atoms with E-state index >= 15 is 0 Å². The molecule has 37 heteroatoms. The van der Waals surface area contributed by atoms with Crippen molar-refractivity contribution >= 4 is 99.6 Å². The van der Waals surface area contributed by atoms with Gasteiger partial charge in [-0.15, -0.1) is 5.10 Å². The number of H-pyrrole nitrogens is 1. The van der Waals surface area contributed by atoms with E-state index in [1.165, 1.54) is 56.6 Å². The van der Waals surface area contributed by atoms with Crippen LogP contribution in [0.3, 0.4) is 0 Å². The minimum atomic E-state index is -1.95. The molecule has 0 saturated carbocycles. The van der Waals surface area contributed by atoms with Crippen LogP contribution in [0.5, 0.6) is 5.75 Å². The second-order valence-corrected chi connectivity index (χ2v) is 26.0. The Labute approximate surface area is 608 Å². The molecule has 23 N–H and O–H groups in total. The predicted molar refractivity (Wildman–Crippen MR) is 380 cm³/mol. The molecule has 3 aromatic carbocycles. The number of amides is 13. The van der Waals surface area contributed by atoms with Gasteiger partial charge in [-0.2, -0.15) is 0 Å². The summed E-state index contributed by atoms with van der Waals surface area (Å²) in [5, 5.41) is 77.0. The topological polar surface area (TPSA) is 592 Å². The number of primary amides is 2. The van der Waals surface area contributed by atoms with Gasteiger partial charge in [0.25, 0.3) is 0 Å². The maximum Gasteiger partial charge on any atom is 0.305 e. The average Bonchev–Trinajstić information content (AvgIpc) is 1.61. The van der Waals surface area contributed by atoms with Crippen LogP contribution in [0.1, 0.15) is 108 Å². The number of hydrogen-bond acceptors (Lipinski definition) is 19. The standard InChI is InChI=1S/C69H94N20O17/c1-36(2)57(68(106)84-53(32-56(94)95)65(103)85-54(35-90)67(105)81-50(58(71)96)29-40-19-22-43(92)23-20-40)86-66(104)51(30-39-13-6-5-7-14-39)82-59(97)37(3)76-60(98)46-17-10-11-28-89-34-42(87-88-89)21-24-48(77-38(4)91)62(100)83-52(31-41-33-75-45-16-9-8-15-44(41)45)64(102)79-47(18-12-27-74-69(72)73)61(99)80-49(63(101)78-46)25-26-55(70)93/h5-9,13-16,19-20,22-23,33-34,36-37,46-54,57,75,90,92H,10-12,17-18,21,24-32,35H2,1-4H3,(H2,70,93)(H2,71,96)(H,76,98)(H,77,91)(H,78,101)(H,79,102)(H,80,99)(H,81,105)(H,82,97)(H,83,100)(H,84,106)(H,85,103)(H,86,104)(H,94,95)(H4,72,73,74)/t37-,46-,47-,48-,49-,50-,51-,52-,53-,54-,57-/m0/s1. The lowest BCUT2D eigenvalue weighted by Crippen LogP contribution is -2.61. The number of aliphatic hydroxyl groups is 1. The first-order valence-electron chi connectivity index (χ1n) is 34.4. The van der Waals surface area contributed by atoms with Crippen LogP contribution in [0.15, 0.2) is 91.3 Å². The molecule has 2 aromatic heterocycles. The van der Waals surface area contributed by atoms with Crippen molar-refractivity contribution in [2.24, 2.45) is 23.1 Å². The van der Waals surface area contributed by atoms with E-state index in [-0.39, 0.29) is 76.6 Å². The highest BCUT2D eigenvalue weighted by Crippen LogP contribution is 2.21. The summed E-state index contributed by atoms with van der Waals surface area (Å²) in [4.78, 5) is 196. The summed E-state index contributed by atoms with van der Waals surface area (Å²) in [7, 11) is 0. The third-order valence-corrected chi connectivity index (χ3v) is 17.2. The number of nitrogens with one attached hydrogen (secondary N) is 14. The van der Waals surface area contributed by atoms with Gasteiger partial charge in [-0.1, -0.05) is 79.7 Å². The lowest BCUT2D eigenvalue weighted by atomic mass is 10.00. The molecule has 2 bridgehead atoms. The number of rotatable bonds is 31. The number of aliphatic carboxylic acids is 1. The summed E-state index contributed by atoms with van der Waals surface area (Å²) in [6.07, 6.45) is 1.09. The van der Waals surface area contributed by atoms with Crippen LogP contribution in [0.4, 0.5) is 0 Å². The SMILES string of the molecule is CC(=O)N[C@H]1CCc2cn(nn2)CCCC[C@@H](C(=O)N[C@@H](C)C(=O)N[C@@H](Cc2ccccc2)C(=O)N[C@H](C(=O)N[C@@H](CC(=O)O)C(=O)N[C@@H](CO)C(=O)N[C@@H](Cc2ccc(O)cc2)C(N)=O)C(C)C)NC(=O)[C@H](CCC(N)=O)NC(=O)[C@H](CCCNC(=N)N)NC(=O)[C@H](Cc2c[nH]c3ccccc23)NC1=O. The van der Waals surface area contributed by atoms with E-state index in [0.717, 1.165) is 0 Å². The zero-order valence-corrected chi connectivity index (χ0v) is 59.0. The first-order chi connectivity index (χ1) is 50.4. The molecule has 3 heterocycles. The number of aliphatic hydroxyl groups excluding tert-OH is 1. The summed E-state index contributed by atoms with van der Waals surface area (Å²) in [6, 6.07) is 3.99. The van der Waals surface area contributed by atoms with Crippen LogP contribution < -0.4 is 81.0 Å². The highest BCUT2D eigenvalue weighted by atomic mass is 16.4. The zero-order valence-electron chi connectivity index (χ0n) is 59.0. The molecule has 5 aromatic rings. The number of aromatic hydroxyl groups is 1. The molecular formula is C69H94N20O17. The normalized spacial score (nSPS) is 18.6. The molecule has 0 radical (unpaired) electrons. The van der Waals surface area contributed by atoms with E-state index < -0.39 is 187 Å². The number of carbonyl (C=O) groups is 14. The van der Waals surface area contributed by atoms with Crippen LogP contribution in [0.2, 0.25) is 0 Å². The number of nitrogens with two attached hydrogens (primary N) is 3. The Morgan fingerprint density at radius 1 is 0.660 bits per heavy atom. The molecule has 0 aliphatic carbocycles. The number of benzene rings is 3. The molecule has 6 rings (SSSR count). The van der Waals surface area contributed by atoms with Gasteiger partial charge in [0.15, 0.2) is 5.96 Å². The Morgan fingerprint density at radius 3 is 1.91 bits per heavy atom. The minimum Gasteiger partial charge on any atom is -0.508 e. The van der Waals surface area contributed by atoms with E-state index in [2.05, 4.69) is 79.1 Å². The van der Waals surface area contributed by atoms with Gasteiger partial charge in [-0.05, 0) is 99.1 Å². The van der Waals surface area contributed by atoms with Gasteiger partial charge < -0.3 is 101 Å². The molecule has 0 fully saturated rings. The van der Waals surface area contributed by atoms with Crippen LogP contribution in [-0.2, 0) is 99.4 Å². The van der Waals surface area contributed by atoms with Crippen molar-refractivity contribution in [3.8, 4) is 5.75 Å². The van der Waals surface area contributed by atoms with E-state index in [4.69, 9.17) is 22.6 Å². The molecule has 0 saturated heterocycles. The number of carbonyl (C=O) groups excluding carboxylic acids is 13. The maximum absolute atomic E-state index is 14.8. The smallest absolute Gasteiger partial charge is 0.305 e. The van der Waals surface area contributed by atoms with Crippen molar-refractivity contribution in [3.63, 3.8) is 0 Å². The fraction of sp³-hybridized carbons (Fsp3) is 0.464. The third kappa shape index (κ3) is 26.6. The number of hydrogen-bond donors (Lipinski definition) is 20. The number of phenols is 1. The highest BCUT2D eigenvalue weighted by molar-refractivity contribution is 6.00. The number of nitrogens with zero attached hydrogens (tertiary/aromatic N) is 3. The Balaban J connectivity index is 1.24. The Kier molecular flexibility index (Phi) is 31.8. The molecule has 0 unspecified atom stereocenters. The molecule has 13 amide bonds. The lowest BCUT2D eigenvalue weighted by molar-refractivity contribution is -0.142. The fourth-order valence-electron chi connectivity index (χ4n) is 11.4. The summed E-state index contributed by atoms with van der Waals surface area (Å²) >= 11 is 0. The number of phenolic OH excluding ortho intramolecular Hbond substituents is 1. The van der Waals surface area contributed by atoms with Gasteiger partial charge in [0.05, 0.1) is 18.7 Å². The summed E-state index contributed by atoms with van der Waals surface area (Å²) in [5.41, 5.74) is 19.3. The van der Waals surface area contributed by atoms with Crippen molar-refractivity contribution in [2.45, 2.75) is 184 Å². The number of carboxylic acids is 1. The maximum atomic E-state index is 14.8. The van der Waals surface area contributed by atoms with Crippen LogP contribution in [0, 0.1) is 11.3 Å². The highest BCUT2D eigenvalue weighted by Gasteiger charge is 2.38. The minimum absolute atomic E-state index is 0.00462. The van der Waals surface area contributed by atoms with Crippen LogP contribution in [-0.4, -0.2) is 204 Å². The number of aromatic amines is 1. The van der Waals surface area contributed by atoms with Crippen LogP contribution >= 0.6 is 0 Å². The zero-order chi connectivity index (χ0) is 77.7. The molecule has 106 heavy (non-hydrogen) atoms. The van der Waals surface area contributed by atoms with Crippen molar-refractivity contribution < 1.29 is 82.4 Å². The number of aromatic nitrogens is 4. The third-order valence-electron chi connectivity index (χ3n) is 17.2. The molecule has 11 atom stereocenters. The van der Waals surface area contributed by atoms with Gasteiger partial charge in [0, 0.05) is 69.0 Å². The van der Waals surface area contributed by atoms with Crippen molar-refractivity contribution in [3.05, 3.63) is 114 Å². The number of aryl methyl sites for hydroxylation is 2. The Hall–Kier alpha value is -12.1. The predicted octanol–water partition coefficient (Wildman–Crippen LogP) is -4.18. The molecule has 1 aliphatic heterocycles. The van der Waals surface area contributed by atoms with E-state index in [0.29, 0.717) is 39.7 Å². The van der Waals surface area contributed by atoms with Gasteiger partial charge >= 0.3 is 5.97 Å². The van der Waals surface area contributed by atoms with Gasteiger partial charge in [-0.25, -0.2) is 0 Å². The van der Waals surface area contributed by atoms with Crippen molar-refractivity contribution in [1.29, 1.82) is 5.41 Å². The first kappa shape index (κ1) is 82.9. The second-order valence-electron chi connectivity index (χ2n) is 26.0. The number of para-hydroxylation sites is 1. The number of guanidine groups is 1. The first-order valence-corrected chi connectivity index (χ1v) is 34.4. The number of carboxylic acid groups (broad SMARTS) is 1. The lowest BCUT2D eigenvalue weighted by Gasteiger charge is -2.28. The monoisotopic (exact) mass is 1470 g/mol. The largest absolute Gasteiger partial charge is 0.508 e. The van der Waals surface area contributed by atoms with Gasteiger partial charge in [0.1, 0.15) is 72.2 Å². The van der Waals surface area contributed by atoms with Crippen molar-refractivity contribution in [2.75, 3.05) is 13.2 Å². The summed E-state index contributed by atoms with van der Waals surface area (Å²) in [5.74, 6) is -15.3. The summed E-state index contributed by atoms with van der Waals surface area (Å²) < 4.78 is 1.50. The Bertz CT molecular complexity index is 3940. The van der Waals surface area contributed by atoms with Gasteiger partial charge in [-0.3, -0.25) is 77.2 Å². The molecule has 0 spiro atoms. The molecular weight excluding hydrogens is 1380 g/mol. The average molecular weight is 1480 g/mol. The summed E-state index contributed by atoms with van der Waals surface area (Å²) in [6.45, 7) is 4.65. The molecule has 572 valence electrons. The van der Waals surface area contributed by atoms with Crippen molar-refractivity contribution in [1.82, 2.24) is 83.8 Å². The quantitative estimate of drug-likeness (QED) is 0.0114. The van der Waals surface area contributed by atoms with Crippen LogP contribution in [0.25, 0.3) is 10.9 Å². The Morgan fingerprint density at radius 2 is 1.25 bits per heavy atom.